The van der Waals surface area contributed by atoms with Crippen molar-refractivity contribution in [3.63, 3.8) is 0 Å². The third-order valence-corrected chi connectivity index (χ3v) is 5.71. The first kappa shape index (κ1) is 24.0. The van der Waals surface area contributed by atoms with Gasteiger partial charge in [-0.05, 0) is 48.3 Å². The highest BCUT2D eigenvalue weighted by Crippen LogP contribution is 2.37. The average molecular weight is 435 g/mol. The average Bonchev–Trinajstić information content (AvgIpc) is 2.72. The Hall–Kier alpha value is -2.62. The van der Waals surface area contributed by atoms with Crippen LogP contribution in [-0.4, -0.2) is 23.2 Å². The van der Waals surface area contributed by atoms with E-state index in [9.17, 15) is 0 Å². The van der Waals surface area contributed by atoms with E-state index in [1.807, 2.05) is 12.1 Å². The van der Waals surface area contributed by atoms with Crippen molar-refractivity contribution >= 4 is 10.9 Å². The summed E-state index contributed by atoms with van der Waals surface area (Å²) in [5, 5.41) is 0.861. The number of hydrogen-bond acceptors (Lipinski definition) is 4. The maximum Gasteiger partial charge on any atom is 0.226 e. The number of aryl methyl sites for hydroxylation is 1. The Bertz CT molecular complexity index is 1050. The molecule has 2 heterocycles. The van der Waals surface area contributed by atoms with Gasteiger partial charge in [-0.15, -0.1) is 0 Å². The number of fused-ring (bicyclic) bond motifs is 1. The molecule has 0 fully saturated rings. The van der Waals surface area contributed by atoms with Crippen LogP contribution in [0.5, 0.6) is 11.6 Å². The van der Waals surface area contributed by atoms with E-state index in [1.54, 1.807) is 6.20 Å². The van der Waals surface area contributed by atoms with Crippen LogP contribution in [0.1, 0.15) is 71.9 Å². The fourth-order valence-electron chi connectivity index (χ4n) is 3.61. The summed E-state index contributed by atoms with van der Waals surface area (Å²) in [6, 6.07) is 10.7. The molecule has 0 unspecified atom stereocenters. The molecule has 4 nitrogen and oxygen atoms in total. The van der Waals surface area contributed by atoms with Gasteiger partial charge >= 0.3 is 0 Å². The molecular formula is C28H38N2O2. The molecule has 3 rings (SSSR count). The quantitative estimate of drug-likeness (QED) is 0.327. The lowest BCUT2D eigenvalue weighted by Gasteiger charge is -2.21. The smallest absolute Gasteiger partial charge is 0.226 e. The number of ether oxygens (including phenoxy) is 2. The SMILES string of the molecule is CCCCOc1cc(-c2ccc(C(C)(C)C)cc2C)nc2ccnc(OCCC(C)C)c12. The van der Waals surface area contributed by atoms with Crippen molar-refractivity contribution in [3.05, 3.63) is 47.7 Å². The van der Waals surface area contributed by atoms with Gasteiger partial charge in [-0.3, -0.25) is 0 Å². The van der Waals surface area contributed by atoms with Crippen LogP contribution in [-0.2, 0) is 5.41 Å². The molecule has 1 aromatic carbocycles. The van der Waals surface area contributed by atoms with Crippen LogP contribution >= 0.6 is 0 Å². The van der Waals surface area contributed by atoms with Crippen LogP contribution in [0.3, 0.4) is 0 Å². The number of pyridine rings is 2. The molecule has 3 aromatic rings. The molecule has 0 spiro atoms. The largest absolute Gasteiger partial charge is 0.493 e. The Kier molecular flexibility index (Phi) is 7.76. The minimum Gasteiger partial charge on any atom is -0.493 e. The Morgan fingerprint density at radius 3 is 2.44 bits per heavy atom. The van der Waals surface area contributed by atoms with Crippen molar-refractivity contribution in [1.29, 1.82) is 0 Å². The number of nitrogens with zero attached hydrogens (tertiary/aromatic N) is 2. The van der Waals surface area contributed by atoms with Crippen LogP contribution in [0.2, 0.25) is 0 Å². The monoisotopic (exact) mass is 434 g/mol. The summed E-state index contributed by atoms with van der Waals surface area (Å²) in [6.07, 6.45) is 4.84. The van der Waals surface area contributed by atoms with E-state index < -0.39 is 0 Å². The van der Waals surface area contributed by atoms with Crippen molar-refractivity contribution in [3.8, 4) is 22.9 Å². The number of aromatic nitrogens is 2. The van der Waals surface area contributed by atoms with E-state index in [2.05, 4.69) is 71.6 Å². The highest BCUT2D eigenvalue weighted by molar-refractivity contribution is 5.92. The van der Waals surface area contributed by atoms with Crippen LogP contribution in [0.4, 0.5) is 0 Å². The Morgan fingerprint density at radius 1 is 1.00 bits per heavy atom. The van der Waals surface area contributed by atoms with E-state index >= 15 is 0 Å². The first-order chi connectivity index (χ1) is 15.2. The maximum absolute atomic E-state index is 6.25. The first-order valence-corrected chi connectivity index (χ1v) is 11.9. The van der Waals surface area contributed by atoms with Gasteiger partial charge in [0.05, 0.1) is 24.4 Å². The number of hydrogen-bond donors (Lipinski definition) is 0. The van der Waals surface area contributed by atoms with Crippen molar-refractivity contribution in [2.45, 2.75) is 73.1 Å². The molecule has 0 atom stereocenters. The molecule has 0 N–H and O–H groups in total. The van der Waals surface area contributed by atoms with Crippen LogP contribution < -0.4 is 9.47 Å². The zero-order valence-corrected chi connectivity index (χ0v) is 20.8. The van der Waals surface area contributed by atoms with Crippen molar-refractivity contribution in [2.24, 2.45) is 5.92 Å². The van der Waals surface area contributed by atoms with Crippen LogP contribution in [0, 0.1) is 12.8 Å². The van der Waals surface area contributed by atoms with E-state index in [4.69, 9.17) is 14.5 Å². The van der Waals surface area contributed by atoms with Gasteiger partial charge < -0.3 is 9.47 Å². The van der Waals surface area contributed by atoms with Gasteiger partial charge in [-0.1, -0.05) is 66.2 Å². The van der Waals surface area contributed by atoms with E-state index in [1.165, 1.54) is 11.1 Å². The van der Waals surface area contributed by atoms with Gasteiger partial charge in [0.15, 0.2) is 0 Å². The number of benzene rings is 1. The molecule has 0 saturated heterocycles. The van der Waals surface area contributed by atoms with E-state index in [-0.39, 0.29) is 5.41 Å². The predicted molar refractivity (Wildman–Crippen MR) is 134 cm³/mol. The molecule has 172 valence electrons. The fourth-order valence-corrected chi connectivity index (χ4v) is 3.61. The van der Waals surface area contributed by atoms with Gasteiger partial charge in [0, 0.05) is 17.8 Å². The van der Waals surface area contributed by atoms with Gasteiger partial charge in [0.1, 0.15) is 11.1 Å². The minimum absolute atomic E-state index is 0.114. The maximum atomic E-state index is 6.25. The molecule has 32 heavy (non-hydrogen) atoms. The molecule has 0 aliphatic heterocycles. The molecular weight excluding hydrogens is 396 g/mol. The lowest BCUT2D eigenvalue weighted by molar-refractivity contribution is 0.279. The standard InChI is InChI=1S/C28H38N2O2/c1-8-9-15-31-25-18-24(22-11-10-21(17-20(22)4)28(5,6)7)30-23-12-14-29-27(26(23)25)32-16-13-19(2)3/h10-12,14,17-19H,8-9,13,15-16H2,1-7H3. The van der Waals surface area contributed by atoms with E-state index in [0.29, 0.717) is 25.0 Å². The zero-order valence-electron chi connectivity index (χ0n) is 20.8. The summed E-state index contributed by atoms with van der Waals surface area (Å²) >= 11 is 0. The third kappa shape index (κ3) is 5.79. The summed E-state index contributed by atoms with van der Waals surface area (Å²) < 4.78 is 12.3. The van der Waals surface area contributed by atoms with Gasteiger partial charge in [-0.25, -0.2) is 9.97 Å². The highest BCUT2D eigenvalue weighted by atomic mass is 16.5. The Morgan fingerprint density at radius 2 is 1.78 bits per heavy atom. The van der Waals surface area contributed by atoms with Gasteiger partial charge in [0.25, 0.3) is 0 Å². The Labute approximate surface area is 193 Å². The molecule has 0 aliphatic carbocycles. The lowest BCUT2D eigenvalue weighted by atomic mass is 9.85. The molecule has 0 radical (unpaired) electrons. The highest BCUT2D eigenvalue weighted by Gasteiger charge is 2.18. The zero-order chi connectivity index (χ0) is 23.3. The number of unbranched alkanes of at least 4 members (excludes halogenated alkanes) is 1. The second-order valence-electron chi connectivity index (χ2n) is 10.0. The normalized spacial score (nSPS) is 11.9. The molecule has 2 aromatic heterocycles. The van der Waals surface area contributed by atoms with Crippen LogP contribution in [0.25, 0.3) is 22.2 Å². The van der Waals surface area contributed by atoms with Crippen molar-refractivity contribution < 1.29 is 9.47 Å². The van der Waals surface area contributed by atoms with Gasteiger partial charge in [-0.2, -0.15) is 0 Å². The number of rotatable bonds is 9. The molecule has 0 bridgehead atoms. The fraction of sp³-hybridized carbons (Fsp3) is 0.500. The summed E-state index contributed by atoms with van der Waals surface area (Å²) in [6.45, 7) is 16.7. The predicted octanol–water partition coefficient (Wildman–Crippen LogP) is 7.51. The summed E-state index contributed by atoms with van der Waals surface area (Å²) in [7, 11) is 0. The summed E-state index contributed by atoms with van der Waals surface area (Å²) in [5.74, 6) is 1.98. The van der Waals surface area contributed by atoms with E-state index in [0.717, 1.165) is 47.2 Å². The Balaban J connectivity index is 2.07. The van der Waals surface area contributed by atoms with Gasteiger partial charge in [0.2, 0.25) is 5.88 Å². The van der Waals surface area contributed by atoms with Crippen molar-refractivity contribution in [2.75, 3.05) is 13.2 Å². The molecule has 0 amide bonds. The van der Waals surface area contributed by atoms with Crippen molar-refractivity contribution in [1.82, 2.24) is 9.97 Å². The van der Waals surface area contributed by atoms with Crippen LogP contribution in [0.15, 0.2) is 36.5 Å². The minimum atomic E-state index is 0.114. The molecule has 0 aliphatic rings. The summed E-state index contributed by atoms with van der Waals surface area (Å²) in [4.78, 5) is 9.50. The topological polar surface area (TPSA) is 44.2 Å². The lowest BCUT2D eigenvalue weighted by Crippen LogP contribution is -2.11. The first-order valence-electron chi connectivity index (χ1n) is 11.9. The molecule has 4 heteroatoms. The second kappa shape index (κ2) is 10.3. The second-order valence-corrected chi connectivity index (χ2v) is 10.0. The molecule has 0 saturated carbocycles. The third-order valence-electron chi connectivity index (χ3n) is 5.71. The summed E-state index contributed by atoms with van der Waals surface area (Å²) in [5.41, 5.74) is 5.54.